The minimum Gasteiger partial charge on any atom is -0.349 e. The van der Waals surface area contributed by atoms with Gasteiger partial charge < -0.3 is 10.2 Å². The highest BCUT2D eigenvalue weighted by Gasteiger charge is 2.44. The van der Waals surface area contributed by atoms with Crippen LogP contribution in [0.4, 0.5) is 0 Å². The van der Waals surface area contributed by atoms with Crippen LogP contribution in [0.5, 0.6) is 0 Å². The van der Waals surface area contributed by atoms with E-state index in [1.807, 2.05) is 0 Å². The second-order valence-electron chi connectivity index (χ2n) is 5.13. The zero-order chi connectivity index (χ0) is 10.8. The molecule has 0 bridgehead atoms. The van der Waals surface area contributed by atoms with Crippen molar-refractivity contribution in [2.45, 2.75) is 26.7 Å². The van der Waals surface area contributed by atoms with Crippen molar-refractivity contribution in [3.8, 4) is 0 Å². The Kier molecular flexibility index (Phi) is 3.53. The molecule has 1 fully saturated rings. The summed E-state index contributed by atoms with van der Waals surface area (Å²) in [5.41, 5.74) is 0.540. The Morgan fingerprint density at radius 2 is 2.07 bits per heavy atom. The summed E-state index contributed by atoms with van der Waals surface area (Å²) in [7, 11) is 3.60. The van der Waals surface area contributed by atoms with Gasteiger partial charge in [0.05, 0.1) is 0 Å². The summed E-state index contributed by atoms with van der Waals surface area (Å²) in [5.74, 6) is 1.02. The lowest BCUT2D eigenvalue weighted by Gasteiger charge is -2.10. The maximum Gasteiger partial charge on any atom is 0.223 e. The number of hydrogen-bond acceptors (Lipinski definition) is 2. The van der Waals surface area contributed by atoms with Crippen LogP contribution in [0.25, 0.3) is 0 Å². The predicted molar refractivity (Wildman–Crippen MR) is 58.1 cm³/mol. The van der Waals surface area contributed by atoms with Crippen LogP contribution in [-0.4, -0.2) is 38.0 Å². The molecule has 1 amide bonds. The van der Waals surface area contributed by atoms with Gasteiger partial charge in [-0.15, -0.1) is 0 Å². The van der Waals surface area contributed by atoms with Crippen LogP contribution < -0.4 is 5.32 Å². The summed E-state index contributed by atoms with van der Waals surface area (Å²) >= 11 is 0. The molecule has 0 saturated heterocycles. The van der Waals surface area contributed by atoms with Crippen molar-refractivity contribution in [3.05, 3.63) is 0 Å². The van der Waals surface area contributed by atoms with E-state index >= 15 is 0 Å². The van der Waals surface area contributed by atoms with Crippen LogP contribution in [0.15, 0.2) is 0 Å². The highest BCUT2D eigenvalue weighted by atomic mass is 16.2. The van der Waals surface area contributed by atoms with Gasteiger partial charge in [0, 0.05) is 27.1 Å². The third-order valence-corrected chi connectivity index (χ3v) is 3.12. The van der Waals surface area contributed by atoms with Crippen LogP contribution in [0.2, 0.25) is 0 Å². The smallest absolute Gasteiger partial charge is 0.223 e. The second kappa shape index (κ2) is 4.30. The Morgan fingerprint density at radius 3 is 2.50 bits per heavy atom. The Labute approximate surface area is 86.9 Å². The monoisotopic (exact) mass is 198 g/mol. The zero-order valence-corrected chi connectivity index (χ0v) is 9.76. The van der Waals surface area contributed by atoms with E-state index in [1.165, 1.54) is 6.42 Å². The quantitative estimate of drug-likeness (QED) is 0.671. The molecule has 1 saturated carbocycles. The van der Waals surface area contributed by atoms with E-state index < -0.39 is 0 Å². The van der Waals surface area contributed by atoms with Gasteiger partial charge in [0.25, 0.3) is 0 Å². The summed E-state index contributed by atoms with van der Waals surface area (Å²) < 4.78 is 0. The molecule has 1 aliphatic carbocycles. The Morgan fingerprint density at radius 1 is 1.50 bits per heavy atom. The highest BCUT2D eigenvalue weighted by Crippen LogP contribution is 2.50. The third-order valence-electron chi connectivity index (χ3n) is 3.12. The topological polar surface area (TPSA) is 32.3 Å². The number of carbonyl (C=O) groups excluding carboxylic acids is 1. The fourth-order valence-electron chi connectivity index (χ4n) is 1.62. The normalized spacial score (nSPS) is 23.3. The lowest BCUT2D eigenvalue weighted by atomic mass is 10.1. The molecule has 0 aliphatic heterocycles. The van der Waals surface area contributed by atoms with Crippen molar-refractivity contribution in [2.75, 3.05) is 27.2 Å². The van der Waals surface area contributed by atoms with Gasteiger partial charge in [-0.1, -0.05) is 13.8 Å². The number of nitrogens with zero attached hydrogens (tertiary/aromatic N) is 1. The zero-order valence-electron chi connectivity index (χ0n) is 9.76. The largest absolute Gasteiger partial charge is 0.349 e. The van der Waals surface area contributed by atoms with Gasteiger partial charge in [-0.2, -0.15) is 0 Å². The molecule has 0 heterocycles. The number of nitrogens with one attached hydrogen (secondary N) is 1. The Balaban J connectivity index is 1.98. The van der Waals surface area contributed by atoms with Crippen molar-refractivity contribution >= 4 is 5.91 Å². The lowest BCUT2D eigenvalue weighted by molar-refractivity contribution is -0.128. The summed E-state index contributed by atoms with van der Waals surface area (Å²) in [6.07, 6.45) is 1.93. The first-order chi connectivity index (χ1) is 6.43. The predicted octanol–water partition coefficient (Wildman–Crippen LogP) is 1.10. The molecule has 0 aromatic heterocycles. The average Bonchev–Trinajstić information content (AvgIpc) is 2.67. The average molecular weight is 198 g/mol. The third kappa shape index (κ3) is 3.29. The molecular weight excluding hydrogens is 176 g/mol. The SMILES string of the molecule is CN(C)C(=O)CCNCC1CC1(C)C. The molecular formula is C11H22N2O. The first-order valence-corrected chi connectivity index (χ1v) is 5.34. The summed E-state index contributed by atoms with van der Waals surface area (Å²) in [6, 6.07) is 0. The minimum absolute atomic E-state index is 0.201. The summed E-state index contributed by atoms with van der Waals surface area (Å²) in [5, 5.41) is 3.34. The molecule has 3 nitrogen and oxygen atoms in total. The van der Waals surface area contributed by atoms with Gasteiger partial charge in [0.1, 0.15) is 0 Å². The van der Waals surface area contributed by atoms with Crippen LogP contribution in [-0.2, 0) is 4.79 Å². The fourth-order valence-corrected chi connectivity index (χ4v) is 1.62. The van der Waals surface area contributed by atoms with Crippen LogP contribution >= 0.6 is 0 Å². The molecule has 1 N–H and O–H groups in total. The van der Waals surface area contributed by atoms with E-state index in [0.29, 0.717) is 11.8 Å². The molecule has 1 atom stereocenters. The Hall–Kier alpha value is -0.570. The molecule has 0 aromatic carbocycles. The second-order valence-corrected chi connectivity index (χ2v) is 5.13. The number of carbonyl (C=O) groups is 1. The van der Waals surface area contributed by atoms with Crippen molar-refractivity contribution in [1.29, 1.82) is 0 Å². The maximum atomic E-state index is 11.2. The molecule has 3 heteroatoms. The molecule has 0 aromatic rings. The van der Waals surface area contributed by atoms with Gasteiger partial charge >= 0.3 is 0 Å². The lowest BCUT2D eigenvalue weighted by Crippen LogP contribution is -2.28. The standard InChI is InChI=1S/C11H22N2O/c1-11(2)7-9(11)8-12-6-5-10(14)13(3)4/h9,12H,5-8H2,1-4H3. The van der Waals surface area contributed by atoms with E-state index in [9.17, 15) is 4.79 Å². The van der Waals surface area contributed by atoms with E-state index in [4.69, 9.17) is 0 Å². The van der Waals surface area contributed by atoms with Crippen molar-refractivity contribution in [1.82, 2.24) is 10.2 Å². The van der Waals surface area contributed by atoms with Gasteiger partial charge in [-0.3, -0.25) is 4.79 Å². The minimum atomic E-state index is 0.201. The van der Waals surface area contributed by atoms with Gasteiger partial charge in [-0.05, 0) is 24.3 Å². The van der Waals surface area contributed by atoms with Crippen molar-refractivity contribution < 1.29 is 4.79 Å². The van der Waals surface area contributed by atoms with E-state index in [-0.39, 0.29) is 5.91 Å². The van der Waals surface area contributed by atoms with Crippen LogP contribution in [0.1, 0.15) is 26.7 Å². The highest BCUT2D eigenvalue weighted by molar-refractivity contribution is 5.75. The first kappa shape index (κ1) is 11.5. The summed E-state index contributed by atoms with van der Waals surface area (Å²) in [4.78, 5) is 12.9. The maximum absolute atomic E-state index is 11.2. The van der Waals surface area contributed by atoms with Crippen LogP contribution in [0.3, 0.4) is 0 Å². The molecule has 82 valence electrons. The molecule has 1 aliphatic rings. The van der Waals surface area contributed by atoms with Crippen LogP contribution in [0, 0.1) is 11.3 Å². The first-order valence-electron chi connectivity index (χ1n) is 5.34. The summed E-state index contributed by atoms with van der Waals surface area (Å²) in [6.45, 7) is 6.46. The van der Waals surface area contributed by atoms with Gasteiger partial charge in [-0.25, -0.2) is 0 Å². The van der Waals surface area contributed by atoms with E-state index in [2.05, 4.69) is 19.2 Å². The van der Waals surface area contributed by atoms with Crippen molar-refractivity contribution in [2.24, 2.45) is 11.3 Å². The fraction of sp³-hybridized carbons (Fsp3) is 0.909. The number of hydrogen-bond donors (Lipinski definition) is 1. The molecule has 0 spiro atoms. The van der Waals surface area contributed by atoms with Gasteiger partial charge in [0.15, 0.2) is 0 Å². The van der Waals surface area contributed by atoms with E-state index in [1.54, 1.807) is 19.0 Å². The van der Waals surface area contributed by atoms with E-state index in [0.717, 1.165) is 19.0 Å². The number of amides is 1. The molecule has 14 heavy (non-hydrogen) atoms. The van der Waals surface area contributed by atoms with Gasteiger partial charge in [0.2, 0.25) is 5.91 Å². The Bertz CT molecular complexity index is 211. The van der Waals surface area contributed by atoms with Crippen molar-refractivity contribution in [3.63, 3.8) is 0 Å². The molecule has 1 unspecified atom stereocenters. The molecule has 0 radical (unpaired) electrons. The molecule has 1 rings (SSSR count). The number of rotatable bonds is 5.